The van der Waals surface area contributed by atoms with Gasteiger partial charge < -0.3 is 58.3 Å². The zero-order valence-electron chi connectivity index (χ0n) is 18.2. The SMILES string of the molecule is CO[C@@H]1O[C@@H](COCC2CO2)[C@@H](O[C@@H]2OC(COCC3CO3)[C@@H](C)[C@H](O)C2O)C(O)C1O. The zero-order chi connectivity index (χ0) is 22.8. The third-order valence-electron chi connectivity index (χ3n) is 6.20. The molecule has 0 amide bonds. The second-order valence-electron chi connectivity index (χ2n) is 8.73. The molecule has 0 spiro atoms. The Balaban J connectivity index is 1.39. The maximum atomic E-state index is 10.7. The molecule has 0 aromatic heterocycles. The average Bonchev–Trinajstić information content (AvgIpc) is 3.70. The van der Waals surface area contributed by atoms with E-state index in [-0.39, 0.29) is 25.4 Å². The van der Waals surface area contributed by atoms with Crippen molar-refractivity contribution in [1.82, 2.24) is 0 Å². The van der Waals surface area contributed by atoms with E-state index in [0.717, 1.165) is 0 Å². The van der Waals surface area contributed by atoms with Gasteiger partial charge in [0.15, 0.2) is 12.6 Å². The third kappa shape index (κ3) is 5.95. The van der Waals surface area contributed by atoms with Gasteiger partial charge in [-0.05, 0) is 0 Å². The summed E-state index contributed by atoms with van der Waals surface area (Å²) in [5.41, 5.74) is 0. The lowest BCUT2D eigenvalue weighted by Gasteiger charge is -2.46. The molecule has 0 aromatic carbocycles. The van der Waals surface area contributed by atoms with Gasteiger partial charge >= 0.3 is 0 Å². The van der Waals surface area contributed by atoms with Gasteiger partial charge in [0.25, 0.3) is 0 Å². The molecule has 4 rings (SSSR count). The first-order chi connectivity index (χ1) is 15.4. The van der Waals surface area contributed by atoms with Gasteiger partial charge in [-0.2, -0.15) is 0 Å². The van der Waals surface area contributed by atoms with Crippen LogP contribution in [0.25, 0.3) is 0 Å². The van der Waals surface area contributed by atoms with E-state index in [1.807, 2.05) is 0 Å². The summed E-state index contributed by atoms with van der Waals surface area (Å²) < 4.78 is 44.0. The van der Waals surface area contributed by atoms with Gasteiger partial charge in [-0.15, -0.1) is 0 Å². The fourth-order valence-electron chi connectivity index (χ4n) is 3.89. The first kappa shape index (κ1) is 24.6. The smallest absolute Gasteiger partial charge is 0.187 e. The van der Waals surface area contributed by atoms with Crippen molar-refractivity contribution in [3.8, 4) is 0 Å². The highest BCUT2D eigenvalue weighted by Crippen LogP contribution is 2.32. The van der Waals surface area contributed by atoms with Crippen molar-refractivity contribution < 1.29 is 58.3 Å². The van der Waals surface area contributed by atoms with E-state index in [4.69, 9.17) is 37.9 Å². The minimum absolute atomic E-state index is 0.0316. The minimum atomic E-state index is -1.41. The molecule has 0 bridgehead atoms. The maximum absolute atomic E-state index is 10.7. The highest BCUT2D eigenvalue weighted by Gasteiger charge is 2.50. The van der Waals surface area contributed by atoms with Gasteiger partial charge in [0.2, 0.25) is 0 Å². The number of rotatable bonds is 11. The predicted molar refractivity (Wildman–Crippen MR) is 104 cm³/mol. The average molecular weight is 466 g/mol. The van der Waals surface area contributed by atoms with Crippen molar-refractivity contribution in [2.24, 2.45) is 5.92 Å². The van der Waals surface area contributed by atoms with E-state index in [1.165, 1.54) is 7.11 Å². The summed E-state index contributed by atoms with van der Waals surface area (Å²) in [7, 11) is 1.35. The van der Waals surface area contributed by atoms with Crippen LogP contribution in [-0.2, 0) is 37.9 Å². The molecular formula is C20H34O12. The van der Waals surface area contributed by atoms with E-state index in [1.54, 1.807) is 6.92 Å². The van der Waals surface area contributed by atoms with Crippen molar-refractivity contribution in [2.45, 2.75) is 74.4 Å². The van der Waals surface area contributed by atoms with Crippen LogP contribution in [-0.4, -0.2) is 135 Å². The Labute approximate surface area is 186 Å². The molecular weight excluding hydrogens is 432 g/mol. The molecule has 32 heavy (non-hydrogen) atoms. The van der Waals surface area contributed by atoms with Crippen LogP contribution in [0.1, 0.15) is 6.92 Å². The molecule has 0 saturated carbocycles. The molecule has 4 aliphatic rings. The number of epoxide rings is 2. The molecule has 0 aliphatic carbocycles. The van der Waals surface area contributed by atoms with E-state index < -0.39 is 61.2 Å². The Morgan fingerprint density at radius 1 is 0.719 bits per heavy atom. The van der Waals surface area contributed by atoms with Gasteiger partial charge in [0.1, 0.15) is 42.7 Å². The Bertz CT molecular complexity index is 587. The number of hydrogen-bond acceptors (Lipinski definition) is 12. The minimum Gasteiger partial charge on any atom is -0.390 e. The molecule has 4 N–H and O–H groups in total. The summed E-state index contributed by atoms with van der Waals surface area (Å²) >= 11 is 0. The van der Waals surface area contributed by atoms with Crippen LogP contribution in [0.4, 0.5) is 0 Å². The second kappa shape index (κ2) is 10.8. The summed E-state index contributed by atoms with van der Waals surface area (Å²) in [6.07, 6.45) is -10.1. The third-order valence-corrected chi connectivity index (χ3v) is 6.20. The monoisotopic (exact) mass is 466 g/mol. The van der Waals surface area contributed by atoms with Crippen LogP contribution in [0.15, 0.2) is 0 Å². The number of hydrogen-bond donors (Lipinski definition) is 4. The van der Waals surface area contributed by atoms with E-state index in [0.29, 0.717) is 26.4 Å². The second-order valence-corrected chi connectivity index (χ2v) is 8.73. The van der Waals surface area contributed by atoms with Crippen molar-refractivity contribution in [1.29, 1.82) is 0 Å². The molecule has 6 unspecified atom stereocenters. The number of aliphatic hydroxyl groups excluding tert-OH is 4. The predicted octanol–water partition coefficient (Wildman–Crippen LogP) is -2.62. The summed E-state index contributed by atoms with van der Waals surface area (Å²) in [5, 5.41) is 42.1. The molecule has 12 atom stereocenters. The summed E-state index contributed by atoms with van der Waals surface area (Å²) in [6, 6.07) is 0. The van der Waals surface area contributed by atoms with Gasteiger partial charge in [-0.25, -0.2) is 0 Å². The van der Waals surface area contributed by atoms with Gasteiger partial charge in [0.05, 0.1) is 51.8 Å². The molecule has 4 fully saturated rings. The fraction of sp³-hybridized carbons (Fsp3) is 1.00. The van der Waals surface area contributed by atoms with Crippen LogP contribution < -0.4 is 0 Å². The molecule has 4 aliphatic heterocycles. The van der Waals surface area contributed by atoms with Crippen LogP contribution in [0.5, 0.6) is 0 Å². The van der Waals surface area contributed by atoms with Crippen LogP contribution >= 0.6 is 0 Å². The quantitative estimate of drug-likeness (QED) is 0.235. The highest BCUT2D eigenvalue weighted by atomic mass is 16.7. The zero-order valence-corrected chi connectivity index (χ0v) is 18.2. The highest BCUT2D eigenvalue weighted by molar-refractivity contribution is 4.93. The standard InChI is InChI=1S/C20H34O12/c1-9-12(7-26-3-10-5-28-10)30-20(16(23)14(9)21)32-18-13(8-27-4-11-6-29-11)31-19(25-2)17(24)15(18)22/h9-24H,3-8H2,1-2H3/t9-,10?,11?,12?,13+,14+,15?,16?,17?,18-,19-,20+/m1/s1. The van der Waals surface area contributed by atoms with Crippen molar-refractivity contribution in [3.63, 3.8) is 0 Å². The van der Waals surface area contributed by atoms with Gasteiger partial charge in [-0.1, -0.05) is 6.92 Å². The Kier molecular flexibility index (Phi) is 8.35. The van der Waals surface area contributed by atoms with Crippen molar-refractivity contribution in [2.75, 3.05) is 46.8 Å². The lowest BCUT2D eigenvalue weighted by atomic mass is 9.90. The first-order valence-corrected chi connectivity index (χ1v) is 11.0. The Hall–Kier alpha value is -0.480. The van der Waals surface area contributed by atoms with E-state index in [2.05, 4.69) is 0 Å². The van der Waals surface area contributed by atoms with Crippen LogP contribution in [0.3, 0.4) is 0 Å². The molecule has 0 radical (unpaired) electrons. The molecule has 12 nitrogen and oxygen atoms in total. The Morgan fingerprint density at radius 2 is 1.25 bits per heavy atom. The summed E-state index contributed by atoms with van der Waals surface area (Å²) in [5.74, 6) is -0.418. The number of ether oxygens (including phenoxy) is 8. The summed E-state index contributed by atoms with van der Waals surface area (Å²) in [4.78, 5) is 0. The van der Waals surface area contributed by atoms with Crippen molar-refractivity contribution >= 4 is 0 Å². The normalized spacial score (nSPS) is 48.6. The largest absolute Gasteiger partial charge is 0.390 e. The molecule has 0 aromatic rings. The number of methoxy groups -OCH3 is 1. The van der Waals surface area contributed by atoms with Crippen molar-refractivity contribution in [3.05, 3.63) is 0 Å². The molecule has 4 saturated heterocycles. The van der Waals surface area contributed by atoms with Gasteiger partial charge in [-0.3, -0.25) is 0 Å². The molecule has 12 heteroatoms. The molecule has 186 valence electrons. The number of aliphatic hydroxyl groups is 4. The van der Waals surface area contributed by atoms with E-state index in [9.17, 15) is 20.4 Å². The Morgan fingerprint density at radius 3 is 1.81 bits per heavy atom. The lowest BCUT2D eigenvalue weighted by Crippen LogP contribution is -2.63. The fourth-order valence-corrected chi connectivity index (χ4v) is 3.89. The topological polar surface area (TPSA) is 161 Å². The lowest BCUT2D eigenvalue weighted by molar-refractivity contribution is -0.354. The maximum Gasteiger partial charge on any atom is 0.187 e. The van der Waals surface area contributed by atoms with E-state index >= 15 is 0 Å². The van der Waals surface area contributed by atoms with Crippen LogP contribution in [0.2, 0.25) is 0 Å². The van der Waals surface area contributed by atoms with Crippen LogP contribution in [0, 0.1) is 5.92 Å². The molecule has 4 heterocycles. The van der Waals surface area contributed by atoms with Gasteiger partial charge in [0, 0.05) is 13.0 Å². The summed E-state index contributed by atoms with van der Waals surface area (Å²) in [6.45, 7) is 4.01. The first-order valence-electron chi connectivity index (χ1n) is 11.0.